The van der Waals surface area contributed by atoms with Gasteiger partial charge in [0.05, 0.1) is 12.5 Å². The van der Waals surface area contributed by atoms with Crippen LogP contribution in [0.4, 0.5) is 0 Å². The van der Waals surface area contributed by atoms with Crippen LogP contribution in [0.5, 0.6) is 0 Å². The molecule has 1 aliphatic heterocycles. The number of carbonyl (C=O) groups is 1. The van der Waals surface area contributed by atoms with Crippen molar-refractivity contribution in [3.8, 4) is 0 Å². The summed E-state index contributed by atoms with van der Waals surface area (Å²) in [4.78, 5) is 14.8. The summed E-state index contributed by atoms with van der Waals surface area (Å²) in [6, 6.07) is 11.7. The molecule has 1 atom stereocenters. The van der Waals surface area contributed by atoms with Crippen LogP contribution in [0.15, 0.2) is 36.4 Å². The molecular formula is C19H18BrCl2NO. The number of nitrogens with zero attached hydrogens (tertiary/aromatic N) is 1. The number of alkyl halides is 1. The van der Waals surface area contributed by atoms with Gasteiger partial charge in [-0.3, -0.25) is 4.79 Å². The summed E-state index contributed by atoms with van der Waals surface area (Å²) in [5.41, 5.74) is 4.61. The van der Waals surface area contributed by atoms with Crippen LogP contribution in [0.3, 0.4) is 0 Å². The van der Waals surface area contributed by atoms with Crippen LogP contribution in [-0.4, -0.2) is 17.4 Å². The van der Waals surface area contributed by atoms with Gasteiger partial charge in [0.25, 0.3) is 0 Å². The Morgan fingerprint density at radius 1 is 1.21 bits per heavy atom. The Kier molecular flexibility index (Phi) is 5.53. The number of rotatable bonds is 3. The molecule has 1 heterocycles. The maximum atomic E-state index is 12.8. The van der Waals surface area contributed by atoms with Gasteiger partial charge in [-0.05, 0) is 47.7 Å². The molecule has 2 aromatic rings. The highest BCUT2D eigenvalue weighted by Crippen LogP contribution is 2.33. The minimum absolute atomic E-state index is 0.0570. The predicted molar refractivity (Wildman–Crippen MR) is 103 cm³/mol. The standard InChI is InChI=1S/C19H18BrCl2NO/c1-12-14-5-2-4-13(11-20)15(14)8-9-23(12)19(24)10-16-17(21)6-3-7-18(16)22/h2-7,12H,8-11H2,1H3/t12-/m0/s1. The molecule has 0 bridgehead atoms. The van der Waals surface area contributed by atoms with Gasteiger partial charge < -0.3 is 4.90 Å². The molecule has 0 unspecified atom stereocenters. The first-order chi connectivity index (χ1) is 11.5. The van der Waals surface area contributed by atoms with Gasteiger partial charge in [-0.2, -0.15) is 0 Å². The summed E-state index contributed by atoms with van der Waals surface area (Å²) in [7, 11) is 0. The molecule has 3 rings (SSSR count). The molecule has 2 aromatic carbocycles. The molecule has 5 heteroatoms. The zero-order chi connectivity index (χ0) is 17.3. The third-order valence-corrected chi connectivity index (χ3v) is 6.00. The Labute approximate surface area is 160 Å². The van der Waals surface area contributed by atoms with Gasteiger partial charge in [0.2, 0.25) is 5.91 Å². The molecule has 0 aliphatic carbocycles. The van der Waals surface area contributed by atoms with E-state index in [-0.39, 0.29) is 18.4 Å². The Bertz CT molecular complexity index is 758. The fraction of sp³-hybridized carbons (Fsp3) is 0.316. The van der Waals surface area contributed by atoms with E-state index in [0.29, 0.717) is 15.6 Å². The molecular weight excluding hydrogens is 409 g/mol. The van der Waals surface area contributed by atoms with Crippen molar-refractivity contribution in [1.82, 2.24) is 4.90 Å². The van der Waals surface area contributed by atoms with Crippen molar-refractivity contribution in [2.24, 2.45) is 0 Å². The van der Waals surface area contributed by atoms with E-state index in [4.69, 9.17) is 23.2 Å². The number of hydrogen-bond donors (Lipinski definition) is 0. The van der Waals surface area contributed by atoms with Gasteiger partial charge in [0.15, 0.2) is 0 Å². The van der Waals surface area contributed by atoms with Crippen molar-refractivity contribution in [1.29, 1.82) is 0 Å². The maximum absolute atomic E-state index is 12.8. The Balaban J connectivity index is 1.84. The second kappa shape index (κ2) is 7.47. The predicted octanol–water partition coefficient (Wildman–Crippen LogP) is 5.58. The normalized spacial score (nSPS) is 16.8. The van der Waals surface area contributed by atoms with Crippen molar-refractivity contribution < 1.29 is 4.79 Å². The zero-order valence-corrected chi connectivity index (χ0v) is 16.5. The minimum atomic E-state index is 0.0570. The highest BCUT2D eigenvalue weighted by atomic mass is 79.9. The molecule has 24 heavy (non-hydrogen) atoms. The van der Waals surface area contributed by atoms with Gasteiger partial charge in [0, 0.05) is 21.9 Å². The molecule has 0 aromatic heterocycles. The number of amides is 1. The van der Waals surface area contributed by atoms with Crippen LogP contribution in [0.1, 0.15) is 35.2 Å². The highest BCUT2D eigenvalue weighted by Gasteiger charge is 2.29. The fourth-order valence-corrected chi connectivity index (χ4v) is 4.42. The van der Waals surface area contributed by atoms with E-state index in [0.717, 1.165) is 18.3 Å². The molecule has 0 N–H and O–H groups in total. The van der Waals surface area contributed by atoms with E-state index >= 15 is 0 Å². The maximum Gasteiger partial charge on any atom is 0.227 e. The van der Waals surface area contributed by atoms with Crippen LogP contribution in [0, 0.1) is 0 Å². The van der Waals surface area contributed by atoms with Gasteiger partial charge in [0.1, 0.15) is 0 Å². The topological polar surface area (TPSA) is 20.3 Å². The Hall–Kier alpha value is -1.03. The summed E-state index contributed by atoms with van der Waals surface area (Å²) in [5.74, 6) is 0.0624. The minimum Gasteiger partial charge on any atom is -0.335 e. The number of hydrogen-bond acceptors (Lipinski definition) is 1. The van der Waals surface area contributed by atoms with Gasteiger partial charge in [-0.1, -0.05) is 63.4 Å². The Morgan fingerprint density at radius 3 is 2.54 bits per heavy atom. The third kappa shape index (κ3) is 3.35. The summed E-state index contributed by atoms with van der Waals surface area (Å²) >= 11 is 16.0. The quantitative estimate of drug-likeness (QED) is 0.587. The summed E-state index contributed by atoms with van der Waals surface area (Å²) in [6.07, 6.45) is 1.11. The summed E-state index contributed by atoms with van der Waals surface area (Å²) in [6.45, 7) is 2.81. The smallest absolute Gasteiger partial charge is 0.227 e. The molecule has 0 saturated heterocycles. The molecule has 126 valence electrons. The Morgan fingerprint density at radius 2 is 1.88 bits per heavy atom. The molecule has 2 nitrogen and oxygen atoms in total. The first-order valence-corrected chi connectivity index (χ1v) is 9.79. The molecule has 1 aliphatic rings. The molecule has 0 saturated carbocycles. The monoisotopic (exact) mass is 425 g/mol. The van der Waals surface area contributed by atoms with Crippen LogP contribution in [0.2, 0.25) is 10.0 Å². The second-order valence-corrected chi connectivity index (χ2v) is 7.38. The molecule has 0 spiro atoms. The number of benzene rings is 2. The van der Waals surface area contributed by atoms with Crippen LogP contribution in [-0.2, 0) is 23.0 Å². The highest BCUT2D eigenvalue weighted by molar-refractivity contribution is 9.08. The van der Waals surface area contributed by atoms with E-state index < -0.39 is 0 Å². The lowest BCUT2D eigenvalue weighted by Crippen LogP contribution is -2.40. The first-order valence-electron chi connectivity index (χ1n) is 7.92. The average Bonchev–Trinajstić information content (AvgIpc) is 2.58. The lowest BCUT2D eigenvalue weighted by molar-refractivity contribution is -0.133. The fourth-order valence-electron chi connectivity index (χ4n) is 3.36. The van der Waals surface area contributed by atoms with Crippen LogP contribution >= 0.6 is 39.1 Å². The second-order valence-electron chi connectivity index (χ2n) is 6.01. The molecule has 1 amide bonds. The average molecular weight is 427 g/mol. The van der Waals surface area contributed by atoms with Crippen molar-refractivity contribution in [2.45, 2.75) is 31.1 Å². The van der Waals surface area contributed by atoms with E-state index in [2.05, 4.69) is 41.1 Å². The van der Waals surface area contributed by atoms with Crippen LogP contribution < -0.4 is 0 Å². The first kappa shape index (κ1) is 17.8. The van der Waals surface area contributed by atoms with Gasteiger partial charge >= 0.3 is 0 Å². The van der Waals surface area contributed by atoms with Crippen molar-refractivity contribution in [2.75, 3.05) is 6.54 Å². The SMILES string of the molecule is C[C@H]1c2cccc(CBr)c2CCN1C(=O)Cc1c(Cl)cccc1Cl. The molecule has 0 radical (unpaired) electrons. The molecule has 0 fully saturated rings. The van der Waals surface area contributed by atoms with E-state index in [1.165, 1.54) is 16.7 Å². The number of carbonyl (C=O) groups excluding carboxylic acids is 1. The van der Waals surface area contributed by atoms with Gasteiger partial charge in [-0.25, -0.2) is 0 Å². The van der Waals surface area contributed by atoms with E-state index in [1.54, 1.807) is 18.2 Å². The van der Waals surface area contributed by atoms with E-state index in [9.17, 15) is 4.79 Å². The van der Waals surface area contributed by atoms with Gasteiger partial charge in [-0.15, -0.1) is 0 Å². The summed E-state index contributed by atoms with van der Waals surface area (Å²) in [5, 5.41) is 1.93. The van der Waals surface area contributed by atoms with Crippen molar-refractivity contribution in [3.63, 3.8) is 0 Å². The van der Waals surface area contributed by atoms with Crippen molar-refractivity contribution >= 4 is 45.0 Å². The lowest BCUT2D eigenvalue weighted by Gasteiger charge is -2.36. The summed E-state index contributed by atoms with van der Waals surface area (Å²) < 4.78 is 0. The lowest BCUT2D eigenvalue weighted by atomic mass is 9.90. The third-order valence-electron chi connectivity index (χ3n) is 4.68. The van der Waals surface area contributed by atoms with Crippen molar-refractivity contribution in [3.05, 3.63) is 68.7 Å². The largest absolute Gasteiger partial charge is 0.335 e. The van der Waals surface area contributed by atoms with Crippen LogP contribution in [0.25, 0.3) is 0 Å². The number of halogens is 3. The number of fused-ring (bicyclic) bond motifs is 1. The zero-order valence-electron chi connectivity index (χ0n) is 13.4. The van der Waals surface area contributed by atoms with E-state index in [1.807, 2.05) is 4.90 Å².